The number of ether oxygens (including phenoxy) is 2. The molecule has 41 heavy (non-hydrogen) atoms. The summed E-state index contributed by atoms with van der Waals surface area (Å²) in [4.78, 5) is 30.6. The van der Waals surface area contributed by atoms with E-state index in [4.69, 9.17) is 9.47 Å². The highest BCUT2D eigenvalue weighted by molar-refractivity contribution is 5.82. The second kappa shape index (κ2) is 14.8. The average molecular weight is 567 g/mol. The number of benzene rings is 2. The predicted molar refractivity (Wildman–Crippen MR) is 159 cm³/mol. The third kappa shape index (κ3) is 10.1. The standard InChI is InChI=1S/C32H46N4O5/c1-32(2,3)34-30(38)28-21-35(16-14-24-10-6-4-7-11-24)17-18-36(28)22-29(37)27(20-25-12-8-5-9-13-25)33-31(39)41-26-15-19-40-23-26/h4-13,26-29,37H,14-23H2,1-3H3,(H,33,39)(H,34,38)/t26-,27-,28-,29+/m0/s1. The first kappa shape index (κ1) is 31.0. The van der Waals surface area contributed by atoms with Crippen LogP contribution in [0.3, 0.4) is 0 Å². The fourth-order valence-corrected chi connectivity index (χ4v) is 5.39. The third-order valence-electron chi connectivity index (χ3n) is 7.59. The predicted octanol–water partition coefficient (Wildman–Crippen LogP) is 2.62. The summed E-state index contributed by atoms with van der Waals surface area (Å²) in [5.74, 6) is -0.0534. The number of carbonyl (C=O) groups excluding carboxylic acids is 2. The summed E-state index contributed by atoms with van der Waals surface area (Å²) in [6, 6.07) is 19.1. The monoisotopic (exact) mass is 566 g/mol. The number of alkyl carbamates (subject to hydrolysis) is 1. The SMILES string of the molecule is CC(C)(C)NC(=O)[C@@H]1CN(CCc2ccccc2)CCN1C[C@@H](O)[C@H](Cc1ccccc1)NC(=O)O[C@H]1CCOC1. The van der Waals surface area contributed by atoms with Crippen molar-refractivity contribution in [2.24, 2.45) is 0 Å². The van der Waals surface area contributed by atoms with Gasteiger partial charge in [0.15, 0.2) is 0 Å². The Morgan fingerprint density at radius 2 is 1.73 bits per heavy atom. The van der Waals surface area contributed by atoms with Crippen LogP contribution in [-0.4, -0.2) is 103 Å². The van der Waals surface area contributed by atoms with E-state index in [9.17, 15) is 14.7 Å². The number of aliphatic hydroxyl groups is 1. The Labute approximate surface area is 244 Å². The Morgan fingerprint density at radius 1 is 1.05 bits per heavy atom. The second-order valence-electron chi connectivity index (χ2n) is 12.2. The van der Waals surface area contributed by atoms with E-state index in [1.807, 2.05) is 69.3 Å². The molecule has 4 atom stereocenters. The number of aliphatic hydroxyl groups excluding tert-OH is 1. The fourth-order valence-electron chi connectivity index (χ4n) is 5.39. The van der Waals surface area contributed by atoms with E-state index in [0.29, 0.717) is 39.1 Å². The largest absolute Gasteiger partial charge is 0.444 e. The maximum absolute atomic E-state index is 13.5. The van der Waals surface area contributed by atoms with Crippen LogP contribution in [0.2, 0.25) is 0 Å². The van der Waals surface area contributed by atoms with E-state index < -0.39 is 24.3 Å². The first-order valence-electron chi connectivity index (χ1n) is 14.8. The highest BCUT2D eigenvalue weighted by Gasteiger charge is 2.36. The molecule has 0 saturated carbocycles. The first-order chi connectivity index (χ1) is 19.7. The molecule has 0 aromatic heterocycles. The molecule has 3 N–H and O–H groups in total. The van der Waals surface area contributed by atoms with Crippen LogP contribution >= 0.6 is 0 Å². The Bertz CT molecular complexity index is 1090. The van der Waals surface area contributed by atoms with Gasteiger partial charge in [-0.1, -0.05) is 60.7 Å². The van der Waals surface area contributed by atoms with Crippen molar-refractivity contribution in [3.05, 3.63) is 71.8 Å². The van der Waals surface area contributed by atoms with Crippen LogP contribution in [0.5, 0.6) is 0 Å². The van der Waals surface area contributed by atoms with Crippen molar-refractivity contribution in [2.45, 2.75) is 69.9 Å². The van der Waals surface area contributed by atoms with Crippen LogP contribution in [0.4, 0.5) is 4.79 Å². The number of hydrogen-bond acceptors (Lipinski definition) is 7. The normalized spacial score (nSPS) is 21.7. The van der Waals surface area contributed by atoms with Crippen molar-refractivity contribution >= 4 is 12.0 Å². The lowest BCUT2D eigenvalue weighted by Gasteiger charge is -2.43. The van der Waals surface area contributed by atoms with Gasteiger partial charge >= 0.3 is 6.09 Å². The molecule has 2 saturated heterocycles. The summed E-state index contributed by atoms with van der Waals surface area (Å²) in [5.41, 5.74) is 1.89. The van der Waals surface area contributed by atoms with Crippen molar-refractivity contribution in [1.82, 2.24) is 20.4 Å². The topological polar surface area (TPSA) is 103 Å². The molecular formula is C32H46N4O5. The lowest BCUT2D eigenvalue weighted by Crippen LogP contribution is -2.63. The summed E-state index contributed by atoms with van der Waals surface area (Å²) < 4.78 is 10.9. The molecule has 2 aliphatic heterocycles. The third-order valence-corrected chi connectivity index (χ3v) is 7.59. The summed E-state index contributed by atoms with van der Waals surface area (Å²) in [6.07, 6.45) is 0.261. The smallest absolute Gasteiger partial charge is 0.407 e. The van der Waals surface area contributed by atoms with Gasteiger partial charge in [-0.3, -0.25) is 14.6 Å². The van der Waals surface area contributed by atoms with E-state index in [0.717, 1.165) is 25.1 Å². The maximum atomic E-state index is 13.5. The Balaban J connectivity index is 1.44. The van der Waals surface area contributed by atoms with Gasteiger partial charge in [-0.2, -0.15) is 0 Å². The molecule has 0 unspecified atom stereocenters. The molecule has 2 aromatic rings. The minimum atomic E-state index is -0.914. The van der Waals surface area contributed by atoms with E-state index in [2.05, 4.69) is 32.6 Å². The minimum Gasteiger partial charge on any atom is -0.444 e. The highest BCUT2D eigenvalue weighted by Crippen LogP contribution is 2.17. The molecular weight excluding hydrogens is 520 g/mol. The van der Waals surface area contributed by atoms with E-state index in [-0.39, 0.29) is 24.1 Å². The van der Waals surface area contributed by atoms with Crippen LogP contribution in [0, 0.1) is 0 Å². The van der Waals surface area contributed by atoms with Crippen LogP contribution in [-0.2, 0) is 27.1 Å². The van der Waals surface area contributed by atoms with Crippen molar-refractivity contribution in [1.29, 1.82) is 0 Å². The maximum Gasteiger partial charge on any atom is 0.407 e. The quantitative estimate of drug-likeness (QED) is 0.384. The Kier molecular flexibility index (Phi) is 11.2. The Morgan fingerprint density at radius 3 is 2.37 bits per heavy atom. The highest BCUT2D eigenvalue weighted by atomic mass is 16.6. The van der Waals surface area contributed by atoms with Gasteiger partial charge in [0.25, 0.3) is 0 Å². The molecule has 0 radical (unpaired) electrons. The summed E-state index contributed by atoms with van der Waals surface area (Å²) >= 11 is 0. The van der Waals surface area contributed by atoms with Crippen molar-refractivity contribution < 1.29 is 24.2 Å². The molecule has 2 aliphatic rings. The summed E-state index contributed by atoms with van der Waals surface area (Å²) in [5, 5.41) is 17.5. The van der Waals surface area contributed by atoms with Gasteiger partial charge in [0.05, 0.1) is 25.4 Å². The van der Waals surface area contributed by atoms with Crippen molar-refractivity contribution in [3.8, 4) is 0 Å². The van der Waals surface area contributed by atoms with Crippen LogP contribution in [0.25, 0.3) is 0 Å². The minimum absolute atomic E-state index is 0.0534. The molecule has 224 valence electrons. The lowest BCUT2D eigenvalue weighted by molar-refractivity contribution is -0.131. The number of β-amino-alcohol motifs (C(OH)–C–C–N with tert-alkyl or cyclic N) is 1. The van der Waals surface area contributed by atoms with E-state index >= 15 is 0 Å². The average Bonchev–Trinajstić information content (AvgIpc) is 3.45. The molecule has 0 aliphatic carbocycles. The molecule has 2 heterocycles. The van der Waals surface area contributed by atoms with Crippen molar-refractivity contribution in [2.75, 3.05) is 45.9 Å². The fraction of sp³-hybridized carbons (Fsp3) is 0.562. The first-order valence-corrected chi connectivity index (χ1v) is 14.8. The van der Waals surface area contributed by atoms with Crippen LogP contribution in [0.15, 0.2) is 60.7 Å². The number of hydrogen-bond donors (Lipinski definition) is 3. The number of nitrogens with one attached hydrogen (secondary N) is 2. The zero-order valence-electron chi connectivity index (χ0n) is 24.6. The number of carbonyl (C=O) groups is 2. The van der Waals surface area contributed by atoms with Gasteiger partial charge in [0.2, 0.25) is 5.91 Å². The number of piperazine rings is 1. The van der Waals surface area contributed by atoms with Crippen molar-refractivity contribution in [3.63, 3.8) is 0 Å². The van der Waals surface area contributed by atoms with Gasteiger partial charge < -0.3 is 25.2 Å². The Hall–Kier alpha value is -2.98. The van der Waals surface area contributed by atoms with Crippen LogP contribution in [0.1, 0.15) is 38.3 Å². The molecule has 9 nitrogen and oxygen atoms in total. The van der Waals surface area contributed by atoms with E-state index in [1.54, 1.807) is 0 Å². The van der Waals surface area contributed by atoms with Crippen LogP contribution < -0.4 is 10.6 Å². The number of rotatable bonds is 11. The molecule has 2 fully saturated rings. The zero-order chi connectivity index (χ0) is 29.2. The molecule has 0 spiro atoms. The molecule has 2 amide bonds. The zero-order valence-corrected chi connectivity index (χ0v) is 24.6. The second-order valence-corrected chi connectivity index (χ2v) is 12.2. The molecule has 9 heteroatoms. The molecule has 0 bridgehead atoms. The van der Waals surface area contributed by atoms with Gasteiger partial charge in [-0.15, -0.1) is 0 Å². The van der Waals surface area contributed by atoms with Gasteiger partial charge in [-0.05, 0) is 44.7 Å². The number of amides is 2. The van der Waals surface area contributed by atoms with Gasteiger partial charge in [0.1, 0.15) is 12.1 Å². The summed E-state index contributed by atoms with van der Waals surface area (Å²) in [7, 11) is 0. The van der Waals surface area contributed by atoms with E-state index in [1.165, 1.54) is 5.56 Å². The molecule has 2 aromatic carbocycles. The lowest BCUT2D eigenvalue weighted by atomic mass is 9.99. The van der Waals surface area contributed by atoms with Gasteiger partial charge in [-0.25, -0.2) is 4.79 Å². The number of nitrogens with zero attached hydrogens (tertiary/aromatic N) is 2. The van der Waals surface area contributed by atoms with Gasteiger partial charge in [0, 0.05) is 44.7 Å². The summed E-state index contributed by atoms with van der Waals surface area (Å²) in [6.45, 7) is 9.98. The molecule has 4 rings (SSSR count).